The van der Waals surface area contributed by atoms with Crippen LogP contribution in [0.2, 0.25) is 5.02 Å². The van der Waals surface area contributed by atoms with Gasteiger partial charge in [-0.3, -0.25) is 9.59 Å². The highest BCUT2D eigenvalue weighted by atomic mass is 35.5. The van der Waals surface area contributed by atoms with Gasteiger partial charge in [-0.05, 0) is 36.5 Å². The van der Waals surface area contributed by atoms with Crippen molar-refractivity contribution in [2.45, 2.75) is 26.3 Å². The first-order chi connectivity index (χ1) is 9.88. The molecule has 114 valence electrons. The van der Waals surface area contributed by atoms with Crippen LogP contribution < -0.4 is 0 Å². The fraction of sp³-hybridized carbons (Fsp3) is 0.500. The first-order valence-corrected chi connectivity index (χ1v) is 7.48. The van der Waals surface area contributed by atoms with Gasteiger partial charge in [-0.25, -0.2) is 0 Å². The molecule has 1 aromatic carbocycles. The van der Waals surface area contributed by atoms with Crippen molar-refractivity contribution in [1.29, 1.82) is 0 Å². The molecule has 1 aliphatic rings. The van der Waals surface area contributed by atoms with Crippen LogP contribution in [-0.2, 0) is 16.1 Å². The summed E-state index contributed by atoms with van der Waals surface area (Å²) < 4.78 is 0. The van der Waals surface area contributed by atoms with E-state index in [9.17, 15) is 14.7 Å². The van der Waals surface area contributed by atoms with E-state index < -0.39 is 17.8 Å². The molecule has 21 heavy (non-hydrogen) atoms. The minimum atomic E-state index is -0.863. The van der Waals surface area contributed by atoms with Crippen LogP contribution in [0.25, 0.3) is 0 Å². The minimum Gasteiger partial charge on any atom is -0.481 e. The molecule has 1 unspecified atom stereocenters. The van der Waals surface area contributed by atoms with Crippen LogP contribution in [0.1, 0.15) is 25.3 Å². The van der Waals surface area contributed by atoms with Crippen molar-refractivity contribution in [3.05, 3.63) is 34.9 Å². The largest absolute Gasteiger partial charge is 0.481 e. The number of rotatable bonds is 4. The van der Waals surface area contributed by atoms with Crippen molar-refractivity contribution >= 4 is 23.5 Å². The average molecular weight is 310 g/mol. The van der Waals surface area contributed by atoms with Crippen molar-refractivity contribution in [2.75, 3.05) is 7.05 Å². The molecule has 1 aromatic rings. The molecule has 1 aliphatic carbocycles. The van der Waals surface area contributed by atoms with Crippen LogP contribution in [0.4, 0.5) is 0 Å². The number of amides is 1. The molecule has 0 aliphatic heterocycles. The molecule has 2 rings (SSSR count). The van der Waals surface area contributed by atoms with E-state index in [1.54, 1.807) is 24.1 Å². The molecule has 4 nitrogen and oxygen atoms in total. The predicted molar refractivity (Wildman–Crippen MR) is 80.9 cm³/mol. The van der Waals surface area contributed by atoms with Gasteiger partial charge in [0.05, 0.1) is 11.8 Å². The van der Waals surface area contributed by atoms with Crippen LogP contribution >= 0.6 is 11.6 Å². The Morgan fingerprint density at radius 3 is 2.38 bits per heavy atom. The standard InChI is InChI=1S/C16H20ClNO3/c1-10-7-13(14(8-10)16(20)21)15(19)18(2)9-11-3-5-12(17)6-4-11/h3-6,10,13-14H,7-9H2,1-2H3,(H,20,21)/t10?,13-,14+/m0/s1. The molecule has 0 spiro atoms. The second-order valence-corrected chi connectivity index (χ2v) is 6.39. The Hall–Kier alpha value is -1.55. The first-order valence-electron chi connectivity index (χ1n) is 7.10. The number of hydrogen-bond donors (Lipinski definition) is 1. The van der Waals surface area contributed by atoms with Gasteiger partial charge in [0.25, 0.3) is 0 Å². The Morgan fingerprint density at radius 1 is 1.24 bits per heavy atom. The number of hydrogen-bond acceptors (Lipinski definition) is 2. The van der Waals surface area contributed by atoms with Gasteiger partial charge in [0, 0.05) is 18.6 Å². The van der Waals surface area contributed by atoms with Crippen molar-refractivity contribution in [3.8, 4) is 0 Å². The molecule has 1 fully saturated rings. The monoisotopic (exact) mass is 309 g/mol. The van der Waals surface area contributed by atoms with Gasteiger partial charge in [-0.2, -0.15) is 0 Å². The highest BCUT2D eigenvalue weighted by Crippen LogP contribution is 2.37. The van der Waals surface area contributed by atoms with E-state index in [4.69, 9.17) is 11.6 Å². The molecule has 1 saturated carbocycles. The van der Waals surface area contributed by atoms with E-state index in [1.807, 2.05) is 19.1 Å². The van der Waals surface area contributed by atoms with E-state index in [0.717, 1.165) is 5.56 Å². The van der Waals surface area contributed by atoms with Crippen LogP contribution in [0.3, 0.4) is 0 Å². The summed E-state index contributed by atoms with van der Waals surface area (Å²) in [4.78, 5) is 25.4. The summed E-state index contributed by atoms with van der Waals surface area (Å²) in [5, 5.41) is 9.92. The van der Waals surface area contributed by atoms with Crippen LogP contribution in [0.5, 0.6) is 0 Å². The van der Waals surface area contributed by atoms with E-state index in [2.05, 4.69) is 0 Å². The Labute approximate surface area is 129 Å². The highest BCUT2D eigenvalue weighted by molar-refractivity contribution is 6.30. The Bertz CT molecular complexity index is 529. The second-order valence-electron chi connectivity index (χ2n) is 5.95. The fourth-order valence-corrected chi connectivity index (χ4v) is 3.19. The lowest BCUT2D eigenvalue weighted by atomic mass is 9.95. The predicted octanol–water partition coefficient (Wildman–Crippen LogP) is 3.05. The van der Waals surface area contributed by atoms with Gasteiger partial charge in [0.1, 0.15) is 0 Å². The highest BCUT2D eigenvalue weighted by Gasteiger charge is 2.42. The lowest BCUT2D eigenvalue weighted by Gasteiger charge is -2.23. The maximum atomic E-state index is 12.5. The maximum absolute atomic E-state index is 12.5. The number of carbonyl (C=O) groups is 2. The van der Waals surface area contributed by atoms with Gasteiger partial charge in [0.2, 0.25) is 5.91 Å². The number of carbonyl (C=O) groups excluding carboxylic acids is 1. The smallest absolute Gasteiger partial charge is 0.307 e. The average Bonchev–Trinajstić information content (AvgIpc) is 2.82. The number of carboxylic acids is 1. The number of halogens is 1. The van der Waals surface area contributed by atoms with Crippen LogP contribution in [0, 0.1) is 17.8 Å². The molecule has 5 heteroatoms. The molecule has 0 aromatic heterocycles. The summed E-state index contributed by atoms with van der Waals surface area (Å²) in [7, 11) is 1.72. The van der Waals surface area contributed by atoms with E-state index in [0.29, 0.717) is 24.4 Å². The third-order valence-corrected chi connectivity index (χ3v) is 4.39. The molecule has 0 bridgehead atoms. The fourth-order valence-electron chi connectivity index (χ4n) is 3.06. The van der Waals surface area contributed by atoms with Gasteiger partial charge in [0.15, 0.2) is 0 Å². The topological polar surface area (TPSA) is 57.6 Å². The maximum Gasteiger partial charge on any atom is 0.307 e. The lowest BCUT2D eigenvalue weighted by Crippen LogP contribution is -2.36. The van der Waals surface area contributed by atoms with Crippen molar-refractivity contribution in [3.63, 3.8) is 0 Å². The number of carboxylic acid groups (broad SMARTS) is 1. The number of benzene rings is 1. The zero-order valence-electron chi connectivity index (χ0n) is 12.3. The molecule has 1 N–H and O–H groups in total. The molecule has 1 amide bonds. The van der Waals surface area contributed by atoms with Crippen LogP contribution in [-0.4, -0.2) is 28.9 Å². The molecule has 0 saturated heterocycles. The van der Waals surface area contributed by atoms with Gasteiger partial charge in [-0.1, -0.05) is 30.7 Å². The van der Waals surface area contributed by atoms with Crippen molar-refractivity contribution < 1.29 is 14.7 Å². The summed E-state index contributed by atoms with van der Waals surface area (Å²) in [6, 6.07) is 7.32. The quantitative estimate of drug-likeness (QED) is 0.930. The van der Waals surface area contributed by atoms with Crippen LogP contribution in [0.15, 0.2) is 24.3 Å². The summed E-state index contributed by atoms with van der Waals surface area (Å²) >= 11 is 5.84. The molecule has 0 heterocycles. The SMILES string of the molecule is CC1C[C@H](C(=O)N(C)Cc2ccc(Cl)cc2)[C@H](C(=O)O)C1. The van der Waals surface area contributed by atoms with E-state index in [1.165, 1.54) is 0 Å². The van der Waals surface area contributed by atoms with E-state index >= 15 is 0 Å². The Morgan fingerprint density at radius 2 is 1.81 bits per heavy atom. The first kappa shape index (κ1) is 15.8. The summed E-state index contributed by atoms with van der Waals surface area (Å²) in [5.41, 5.74) is 0.980. The molecule has 3 atom stereocenters. The zero-order valence-corrected chi connectivity index (χ0v) is 13.0. The Balaban J connectivity index is 2.04. The number of nitrogens with zero attached hydrogens (tertiary/aromatic N) is 1. The number of aliphatic carboxylic acids is 1. The summed E-state index contributed by atoms with van der Waals surface area (Å²) in [5.74, 6) is -1.63. The summed E-state index contributed by atoms with van der Waals surface area (Å²) in [6.45, 7) is 2.47. The van der Waals surface area contributed by atoms with E-state index in [-0.39, 0.29) is 11.8 Å². The minimum absolute atomic E-state index is 0.0818. The lowest BCUT2D eigenvalue weighted by molar-refractivity contribution is -0.148. The summed E-state index contributed by atoms with van der Waals surface area (Å²) in [6.07, 6.45) is 1.24. The normalized spacial score (nSPS) is 24.8. The Kier molecular flexibility index (Phi) is 4.88. The molecular weight excluding hydrogens is 290 g/mol. The second kappa shape index (κ2) is 6.48. The van der Waals surface area contributed by atoms with Crippen molar-refractivity contribution in [1.82, 2.24) is 4.90 Å². The molecule has 0 radical (unpaired) electrons. The third kappa shape index (κ3) is 3.76. The van der Waals surface area contributed by atoms with Gasteiger partial charge < -0.3 is 10.0 Å². The zero-order chi connectivity index (χ0) is 15.6. The van der Waals surface area contributed by atoms with Gasteiger partial charge in [-0.15, -0.1) is 0 Å². The van der Waals surface area contributed by atoms with Gasteiger partial charge >= 0.3 is 5.97 Å². The third-order valence-electron chi connectivity index (χ3n) is 4.14. The van der Waals surface area contributed by atoms with Crippen molar-refractivity contribution in [2.24, 2.45) is 17.8 Å². The molecular formula is C16H20ClNO3.